The Morgan fingerprint density at radius 3 is 2.68 bits per heavy atom. The largest absolute Gasteiger partial charge is 0.298 e. The van der Waals surface area contributed by atoms with Gasteiger partial charge in [-0.15, -0.1) is 0 Å². The summed E-state index contributed by atoms with van der Waals surface area (Å²) in [6.45, 7) is 1.89. The number of nitrogens with zero attached hydrogens (tertiary/aromatic N) is 2. The minimum Gasteiger partial charge on any atom is -0.298 e. The van der Waals surface area contributed by atoms with Gasteiger partial charge in [-0.3, -0.25) is 14.4 Å². The van der Waals surface area contributed by atoms with Gasteiger partial charge in [0, 0.05) is 11.6 Å². The average molecular weight is 450 g/mol. The summed E-state index contributed by atoms with van der Waals surface area (Å²) in [4.78, 5) is 17.3. The lowest BCUT2D eigenvalue weighted by atomic mass is 10.1. The van der Waals surface area contributed by atoms with Crippen molar-refractivity contribution in [2.24, 2.45) is 0 Å². The third kappa shape index (κ3) is 3.47. The molecular weight excluding hydrogens is 430 g/mol. The highest BCUT2D eigenvalue weighted by atomic mass is 32.2. The lowest BCUT2D eigenvalue weighted by Gasteiger charge is -2.24. The summed E-state index contributed by atoms with van der Waals surface area (Å²) in [5, 5.41) is 3.25. The number of aromatic nitrogens is 1. The van der Waals surface area contributed by atoms with Crippen molar-refractivity contribution < 1.29 is 13.2 Å². The van der Waals surface area contributed by atoms with Gasteiger partial charge in [0.1, 0.15) is 0 Å². The van der Waals surface area contributed by atoms with Gasteiger partial charge in [-0.05, 0) is 55.3 Å². The summed E-state index contributed by atoms with van der Waals surface area (Å²) in [6.07, 6.45) is 0.660. The van der Waals surface area contributed by atoms with Crippen LogP contribution in [0.5, 0.6) is 0 Å². The molecule has 2 heterocycles. The quantitative estimate of drug-likeness (QED) is 0.490. The van der Waals surface area contributed by atoms with E-state index in [1.165, 1.54) is 27.8 Å². The normalized spacial score (nSPS) is 15.8. The van der Waals surface area contributed by atoms with Gasteiger partial charge in [-0.2, -0.15) is 0 Å². The molecule has 1 atom stereocenters. The van der Waals surface area contributed by atoms with Crippen LogP contribution in [-0.2, 0) is 16.4 Å². The zero-order valence-corrected chi connectivity index (χ0v) is 18.3. The van der Waals surface area contributed by atoms with E-state index in [4.69, 9.17) is 0 Å². The van der Waals surface area contributed by atoms with E-state index in [0.717, 1.165) is 15.8 Å². The number of hydrogen-bond acceptors (Lipinski definition) is 5. The Morgan fingerprint density at radius 2 is 1.84 bits per heavy atom. The molecule has 5 rings (SSSR count). The molecule has 0 aliphatic carbocycles. The molecule has 1 unspecified atom stereocenters. The van der Waals surface area contributed by atoms with E-state index in [-0.39, 0.29) is 16.5 Å². The van der Waals surface area contributed by atoms with Crippen molar-refractivity contribution in [3.05, 3.63) is 83.9 Å². The fourth-order valence-electron chi connectivity index (χ4n) is 3.91. The average Bonchev–Trinajstić information content (AvgIpc) is 3.33. The fraction of sp³-hybridized carbons (Fsp3) is 0.130. The molecule has 8 heteroatoms. The van der Waals surface area contributed by atoms with E-state index in [2.05, 4.69) is 10.3 Å². The molecule has 3 aromatic carbocycles. The van der Waals surface area contributed by atoms with Crippen molar-refractivity contribution in [2.45, 2.75) is 24.3 Å². The number of anilines is 2. The van der Waals surface area contributed by atoms with Crippen LogP contribution in [0.4, 0.5) is 10.8 Å². The van der Waals surface area contributed by atoms with Crippen LogP contribution in [-0.4, -0.2) is 25.4 Å². The zero-order valence-electron chi connectivity index (χ0n) is 16.6. The second-order valence-electron chi connectivity index (χ2n) is 7.45. The summed E-state index contributed by atoms with van der Waals surface area (Å²) in [5.41, 5.74) is 2.77. The minimum atomic E-state index is -3.81. The number of rotatable bonds is 4. The van der Waals surface area contributed by atoms with Crippen LogP contribution in [0.2, 0.25) is 0 Å². The Labute approximate surface area is 184 Å². The molecule has 0 fully saturated rings. The highest BCUT2D eigenvalue weighted by molar-refractivity contribution is 7.92. The molecule has 1 aromatic heterocycles. The van der Waals surface area contributed by atoms with Crippen LogP contribution in [0.15, 0.2) is 77.7 Å². The van der Waals surface area contributed by atoms with Crippen molar-refractivity contribution in [3.63, 3.8) is 0 Å². The first-order valence-corrected chi connectivity index (χ1v) is 12.1. The monoisotopic (exact) mass is 449 g/mol. The smallest absolute Gasteiger partial charge is 0.264 e. The number of thiazole rings is 1. The summed E-state index contributed by atoms with van der Waals surface area (Å²) in [7, 11) is -3.81. The van der Waals surface area contributed by atoms with E-state index in [0.29, 0.717) is 17.2 Å². The standard InChI is InChI=1S/C23H19N3O3S2/c1-15-13-16-7-2-4-11-20(16)26(15)31(28,29)18-9-6-8-17(14-18)22(27)25-23-24-19-10-3-5-12-21(19)30-23/h2-12,14-15H,13H2,1H3,(H,24,25,27). The predicted molar refractivity (Wildman–Crippen MR) is 123 cm³/mol. The zero-order chi connectivity index (χ0) is 21.6. The highest BCUT2D eigenvalue weighted by Gasteiger charge is 2.36. The molecule has 1 amide bonds. The van der Waals surface area contributed by atoms with Crippen LogP contribution < -0.4 is 9.62 Å². The van der Waals surface area contributed by atoms with Gasteiger partial charge in [0.05, 0.1) is 20.8 Å². The van der Waals surface area contributed by atoms with E-state index in [1.807, 2.05) is 55.5 Å². The van der Waals surface area contributed by atoms with E-state index >= 15 is 0 Å². The van der Waals surface area contributed by atoms with Crippen LogP contribution in [0.25, 0.3) is 10.2 Å². The van der Waals surface area contributed by atoms with Crippen molar-refractivity contribution in [1.29, 1.82) is 0 Å². The van der Waals surface area contributed by atoms with Gasteiger partial charge in [-0.1, -0.05) is 47.7 Å². The molecule has 1 aliphatic rings. The Kier molecular flexibility index (Phi) is 4.75. The second kappa shape index (κ2) is 7.47. The number of sulfonamides is 1. The Hall–Kier alpha value is -3.23. The van der Waals surface area contributed by atoms with Gasteiger partial charge in [0.15, 0.2) is 5.13 Å². The van der Waals surface area contributed by atoms with Gasteiger partial charge < -0.3 is 0 Å². The van der Waals surface area contributed by atoms with Crippen molar-refractivity contribution >= 4 is 48.3 Å². The number of nitrogens with one attached hydrogen (secondary N) is 1. The van der Waals surface area contributed by atoms with E-state index in [9.17, 15) is 13.2 Å². The highest BCUT2D eigenvalue weighted by Crippen LogP contribution is 2.36. The number of para-hydroxylation sites is 2. The maximum atomic E-state index is 13.4. The van der Waals surface area contributed by atoms with Crippen molar-refractivity contribution in [2.75, 3.05) is 9.62 Å². The number of fused-ring (bicyclic) bond motifs is 2. The molecule has 156 valence electrons. The molecule has 6 nitrogen and oxygen atoms in total. The first-order valence-electron chi connectivity index (χ1n) is 9.83. The maximum Gasteiger partial charge on any atom is 0.264 e. The minimum absolute atomic E-state index is 0.0907. The Balaban J connectivity index is 1.45. The van der Waals surface area contributed by atoms with Gasteiger partial charge in [0.2, 0.25) is 0 Å². The molecule has 1 aliphatic heterocycles. The molecular formula is C23H19N3O3S2. The number of hydrogen-bond donors (Lipinski definition) is 1. The van der Waals surface area contributed by atoms with E-state index < -0.39 is 15.9 Å². The molecule has 0 bridgehead atoms. The SMILES string of the molecule is CC1Cc2ccccc2N1S(=O)(=O)c1cccc(C(=O)Nc2nc3ccccc3s2)c1. The Morgan fingerprint density at radius 1 is 1.06 bits per heavy atom. The van der Waals surface area contributed by atoms with Gasteiger partial charge in [-0.25, -0.2) is 13.4 Å². The molecule has 1 N–H and O–H groups in total. The number of amides is 1. The predicted octanol–water partition coefficient (Wildman–Crippen LogP) is 4.69. The number of carbonyl (C=O) groups excluding carboxylic acids is 1. The maximum absolute atomic E-state index is 13.4. The number of benzene rings is 3. The van der Waals surface area contributed by atoms with Crippen molar-refractivity contribution in [1.82, 2.24) is 4.98 Å². The Bertz CT molecular complexity index is 1380. The van der Waals surface area contributed by atoms with Crippen LogP contribution in [0.3, 0.4) is 0 Å². The second-order valence-corrected chi connectivity index (χ2v) is 10.3. The first-order chi connectivity index (χ1) is 14.9. The summed E-state index contributed by atoms with van der Waals surface area (Å²) < 4.78 is 29.3. The lowest BCUT2D eigenvalue weighted by molar-refractivity contribution is 0.102. The van der Waals surface area contributed by atoms with Gasteiger partial charge >= 0.3 is 0 Å². The lowest BCUT2D eigenvalue weighted by Crippen LogP contribution is -2.35. The number of carbonyl (C=O) groups is 1. The topological polar surface area (TPSA) is 79.4 Å². The molecule has 4 aromatic rings. The molecule has 0 radical (unpaired) electrons. The summed E-state index contributed by atoms with van der Waals surface area (Å²) in [6, 6.07) is 21.1. The van der Waals surface area contributed by atoms with E-state index in [1.54, 1.807) is 12.1 Å². The third-order valence-corrected chi connectivity index (χ3v) is 8.19. The molecule has 0 spiro atoms. The van der Waals surface area contributed by atoms with Crippen LogP contribution >= 0.6 is 11.3 Å². The third-order valence-electron chi connectivity index (χ3n) is 5.31. The first kappa shape index (κ1) is 19.7. The van der Waals surface area contributed by atoms with Gasteiger partial charge in [0.25, 0.3) is 15.9 Å². The van der Waals surface area contributed by atoms with Crippen LogP contribution in [0, 0.1) is 0 Å². The fourth-order valence-corrected chi connectivity index (χ4v) is 6.51. The summed E-state index contributed by atoms with van der Waals surface area (Å²) >= 11 is 1.37. The summed E-state index contributed by atoms with van der Waals surface area (Å²) in [5.74, 6) is -0.397. The van der Waals surface area contributed by atoms with Crippen LogP contribution in [0.1, 0.15) is 22.8 Å². The molecule has 0 saturated heterocycles. The van der Waals surface area contributed by atoms with Crippen molar-refractivity contribution in [3.8, 4) is 0 Å². The molecule has 0 saturated carbocycles. The molecule has 31 heavy (non-hydrogen) atoms.